The SMILES string of the molecule is N=C(N)N1CC2(CC(C(=O)N3CCc4ccccc4[C@H]3C(=O)Nc3ccc(C(=O)O)cc3)C2)C1. The number of nitrogens with two attached hydrogens (primary N) is 1. The van der Waals surface area contributed by atoms with Crippen molar-refractivity contribution in [2.24, 2.45) is 17.1 Å². The highest BCUT2D eigenvalue weighted by Crippen LogP contribution is 2.53. The number of amides is 2. The molecule has 0 bridgehead atoms. The van der Waals surface area contributed by atoms with Gasteiger partial charge < -0.3 is 26.0 Å². The highest BCUT2D eigenvalue weighted by molar-refractivity contribution is 5.99. The van der Waals surface area contributed by atoms with Crippen LogP contribution in [0.1, 0.15) is 40.4 Å². The summed E-state index contributed by atoms with van der Waals surface area (Å²) in [5.41, 5.74) is 8.10. The predicted octanol–water partition coefficient (Wildman–Crippen LogP) is 2.05. The lowest BCUT2D eigenvalue weighted by atomic mass is 9.57. The van der Waals surface area contributed by atoms with Crippen LogP contribution in [0.25, 0.3) is 0 Å². The van der Waals surface area contributed by atoms with Crippen molar-refractivity contribution in [1.29, 1.82) is 5.41 Å². The summed E-state index contributed by atoms with van der Waals surface area (Å²) in [5, 5.41) is 19.5. The van der Waals surface area contributed by atoms with Gasteiger partial charge in [0.1, 0.15) is 6.04 Å². The smallest absolute Gasteiger partial charge is 0.335 e. The van der Waals surface area contributed by atoms with Gasteiger partial charge in [0.25, 0.3) is 5.91 Å². The molecular weight excluding hydrogens is 434 g/mol. The highest BCUT2D eigenvalue weighted by Gasteiger charge is 2.56. The fourth-order valence-electron chi connectivity index (χ4n) is 5.58. The van der Waals surface area contributed by atoms with Crippen LogP contribution in [0.3, 0.4) is 0 Å². The van der Waals surface area contributed by atoms with Crippen LogP contribution in [-0.4, -0.2) is 58.3 Å². The molecule has 1 spiro atoms. The molecule has 2 amide bonds. The van der Waals surface area contributed by atoms with Crippen molar-refractivity contribution in [2.75, 3.05) is 25.0 Å². The molecule has 3 aliphatic rings. The number of anilines is 1. The molecule has 0 aromatic heterocycles. The van der Waals surface area contributed by atoms with Gasteiger partial charge in [0.2, 0.25) is 5.91 Å². The number of carboxylic acid groups (broad SMARTS) is 1. The molecule has 2 fully saturated rings. The number of rotatable bonds is 4. The van der Waals surface area contributed by atoms with Crippen molar-refractivity contribution < 1.29 is 19.5 Å². The van der Waals surface area contributed by atoms with Crippen LogP contribution in [0.15, 0.2) is 48.5 Å². The Morgan fingerprint density at radius 3 is 2.38 bits per heavy atom. The number of hydrogen-bond acceptors (Lipinski definition) is 4. The Morgan fingerprint density at radius 1 is 1.06 bits per heavy atom. The number of carbonyl (C=O) groups is 3. The average Bonchev–Trinajstić information content (AvgIpc) is 2.76. The number of hydrogen-bond donors (Lipinski definition) is 4. The normalized spacial score (nSPS) is 20.6. The lowest BCUT2D eigenvalue weighted by Gasteiger charge is -2.59. The van der Waals surface area contributed by atoms with Gasteiger partial charge in [-0.3, -0.25) is 15.0 Å². The van der Waals surface area contributed by atoms with E-state index in [0.29, 0.717) is 31.7 Å². The second-order valence-electron chi connectivity index (χ2n) is 9.60. The molecule has 5 rings (SSSR count). The molecule has 2 aliphatic heterocycles. The van der Waals surface area contributed by atoms with Crippen molar-refractivity contribution >= 4 is 29.4 Å². The van der Waals surface area contributed by atoms with Gasteiger partial charge in [0, 0.05) is 36.7 Å². The lowest BCUT2D eigenvalue weighted by Crippen LogP contribution is -2.66. The molecule has 1 saturated heterocycles. The van der Waals surface area contributed by atoms with E-state index in [9.17, 15) is 14.4 Å². The van der Waals surface area contributed by atoms with E-state index < -0.39 is 12.0 Å². The minimum Gasteiger partial charge on any atom is -0.478 e. The van der Waals surface area contributed by atoms with Crippen LogP contribution in [0, 0.1) is 16.7 Å². The summed E-state index contributed by atoms with van der Waals surface area (Å²) in [4.78, 5) is 41.6. The number of carboxylic acids is 1. The Balaban J connectivity index is 1.33. The first-order valence-corrected chi connectivity index (χ1v) is 11.4. The molecule has 2 aromatic rings. The van der Waals surface area contributed by atoms with Gasteiger partial charge in [-0.15, -0.1) is 0 Å². The second kappa shape index (κ2) is 8.16. The molecule has 1 atom stereocenters. The summed E-state index contributed by atoms with van der Waals surface area (Å²) >= 11 is 0. The first-order valence-electron chi connectivity index (χ1n) is 11.4. The Bertz CT molecular complexity index is 1160. The topological polar surface area (TPSA) is 140 Å². The van der Waals surface area contributed by atoms with Crippen molar-refractivity contribution in [3.05, 3.63) is 65.2 Å². The van der Waals surface area contributed by atoms with Gasteiger partial charge in [0.05, 0.1) is 5.56 Å². The van der Waals surface area contributed by atoms with Gasteiger partial charge in [-0.25, -0.2) is 4.79 Å². The lowest BCUT2D eigenvalue weighted by molar-refractivity contribution is -0.155. The van der Waals surface area contributed by atoms with Crippen LogP contribution in [0.4, 0.5) is 5.69 Å². The maximum Gasteiger partial charge on any atom is 0.335 e. The number of fused-ring (bicyclic) bond motifs is 1. The molecule has 2 aromatic carbocycles. The van der Waals surface area contributed by atoms with E-state index in [-0.39, 0.29) is 34.7 Å². The largest absolute Gasteiger partial charge is 0.478 e. The van der Waals surface area contributed by atoms with Gasteiger partial charge >= 0.3 is 5.97 Å². The zero-order chi connectivity index (χ0) is 24.0. The Kier molecular flexibility index (Phi) is 5.27. The maximum absolute atomic E-state index is 13.5. The zero-order valence-corrected chi connectivity index (χ0v) is 18.7. The number of benzene rings is 2. The monoisotopic (exact) mass is 461 g/mol. The number of nitrogens with one attached hydrogen (secondary N) is 2. The zero-order valence-electron chi connectivity index (χ0n) is 18.7. The quantitative estimate of drug-likeness (QED) is 0.406. The fraction of sp³-hybridized carbons (Fsp3) is 0.360. The number of aromatic carboxylic acids is 1. The third-order valence-corrected chi connectivity index (χ3v) is 7.32. The van der Waals surface area contributed by atoms with Crippen molar-refractivity contribution in [2.45, 2.75) is 25.3 Å². The van der Waals surface area contributed by atoms with E-state index in [1.165, 1.54) is 12.1 Å². The number of nitrogens with zero attached hydrogens (tertiary/aromatic N) is 2. The summed E-state index contributed by atoms with van der Waals surface area (Å²) in [6, 6.07) is 12.9. The second-order valence-corrected chi connectivity index (χ2v) is 9.60. The first kappa shape index (κ1) is 21.9. The molecule has 5 N–H and O–H groups in total. The Labute approximate surface area is 197 Å². The summed E-state index contributed by atoms with van der Waals surface area (Å²) < 4.78 is 0. The van der Waals surface area contributed by atoms with E-state index >= 15 is 0 Å². The van der Waals surface area contributed by atoms with Crippen molar-refractivity contribution in [1.82, 2.24) is 9.80 Å². The van der Waals surface area contributed by atoms with E-state index in [0.717, 1.165) is 24.0 Å². The van der Waals surface area contributed by atoms with Gasteiger partial charge in [0.15, 0.2) is 5.96 Å². The summed E-state index contributed by atoms with van der Waals surface area (Å²) in [6.45, 7) is 1.89. The number of carbonyl (C=O) groups excluding carboxylic acids is 2. The molecule has 0 unspecified atom stereocenters. The minimum atomic E-state index is -1.04. The van der Waals surface area contributed by atoms with Gasteiger partial charge in [-0.2, -0.15) is 0 Å². The molecule has 176 valence electrons. The van der Waals surface area contributed by atoms with Crippen LogP contribution in [0.2, 0.25) is 0 Å². The van der Waals surface area contributed by atoms with E-state index in [1.54, 1.807) is 17.0 Å². The molecule has 0 radical (unpaired) electrons. The van der Waals surface area contributed by atoms with Gasteiger partial charge in [-0.1, -0.05) is 24.3 Å². The average molecular weight is 462 g/mol. The standard InChI is InChI=1S/C25H27N5O4/c26-24(27)29-13-25(14-29)11-17(12-25)22(32)30-10-9-15-3-1-2-4-19(15)20(30)21(31)28-18-7-5-16(6-8-18)23(33)34/h1-8,17,20H,9-14H2,(H3,26,27)(H,28,31)(H,33,34)/t20-/m0/s1. The third kappa shape index (κ3) is 3.76. The highest BCUT2D eigenvalue weighted by atomic mass is 16.4. The molecule has 1 aliphatic carbocycles. The molecule has 2 heterocycles. The minimum absolute atomic E-state index is 0.0113. The van der Waals surface area contributed by atoms with Crippen LogP contribution < -0.4 is 11.1 Å². The molecule has 9 nitrogen and oxygen atoms in total. The van der Waals surface area contributed by atoms with Crippen LogP contribution in [0.5, 0.6) is 0 Å². The van der Waals surface area contributed by atoms with E-state index in [1.807, 2.05) is 29.2 Å². The summed E-state index contributed by atoms with van der Waals surface area (Å²) in [6.07, 6.45) is 2.19. The van der Waals surface area contributed by atoms with Gasteiger partial charge in [-0.05, 0) is 54.7 Å². The molecular formula is C25H27N5O4. The summed E-state index contributed by atoms with van der Waals surface area (Å²) in [5.74, 6) is -1.43. The Hall–Kier alpha value is -3.88. The van der Waals surface area contributed by atoms with E-state index in [2.05, 4.69) is 5.32 Å². The van der Waals surface area contributed by atoms with Crippen molar-refractivity contribution in [3.63, 3.8) is 0 Å². The first-order chi connectivity index (χ1) is 16.3. The third-order valence-electron chi connectivity index (χ3n) is 7.32. The molecule has 1 saturated carbocycles. The van der Waals surface area contributed by atoms with Crippen LogP contribution in [-0.2, 0) is 16.0 Å². The Morgan fingerprint density at radius 2 is 1.74 bits per heavy atom. The number of guanidine groups is 1. The molecule has 34 heavy (non-hydrogen) atoms. The molecule has 9 heteroatoms. The van der Waals surface area contributed by atoms with E-state index in [4.69, 9.17) is 16.2 Å². The van der Waals surface area contributed by atoms with Crippen LogP contribution >= 0.6 is 0 Å². The summed E-state index contributed by atoms with van der Waals surface area (Å²) in [7, 11) is 0. The predicted molar refractivity (Wildman–Crippen MR) is 125 cm³/mol. The van der Waals surface area contributed by atoms with Crippen molar-refractivity contribution in [3.8, 4) is 0 Å². The fourth-order valence-corrected chi connectivity index (χ4v) is 5.58. The number of likely N-dealkylation sites (tertiary alicyclic amines) is 1. The maximum atomic E-state index is 13.5.